The van der Waals surface area contributed by atoms with Crippen LogP contribution in [0.25, 0.3) is 5.65 Å². The Kier molecular flexibility index (Phi) is 3.41. The second-order valence-electron chi connectivity index (χ2n) is 4.93. The lowest BCUT2D eigenvalue weighted by Gasteiger charge is -2.22. The van der Waals surface area contributed by atoms with Gasteiger partial charge in [-0.15, -0.1) is 10.2 Å². The van der Waals surface area contributed by atoms with E-state index in [0.29, 0.717) is 17.1 Å². The van der Waals surface area contributed by atoms with Crippen LogP contribution in [0.1, 0.15) is 23.2 Å². The minimum atomic E-state index is -0.0453. The second kappa shape index (κ2) is 5.36. The summed E-state index contributed by atoms with van der Waals surface area (Å²) in [5, 5.41) is 14.1. The Hall–Kier alpha value is -1.95. The van der Waals surface area contributed by atoms with Crippen LogP contribution in [0.3, 0.4) is 0 Å². The van der Waals surface area contributed by atoms with E-state index in [4.69, 9.17) is 0 Å². The summed E-state index contributed by atoms with van der Waals surface area (Å²) < 4.78 is 1.78. The summed E-state index contributed by atoms with van der Waals surface area (Å²) in [5.74, 6) is 0.491. The van der Waals surface area contributed by atoms with Crippen LogP contribution in [-0.2, 0) is 0 Å². The molecule has 2 aromatic heterocycles. The molecule has 2 aromatic rings. The molecule has 0 spiro atoms. The predicted octanol–water partition coefficient (Wildman–Crippen LogP) is 0.459. The van der Waals surface area contributed by atoms with E-state index in [-0.39, 0.29) is 5.91 Å². The molecule has 1 amide bonds. The number of fused-ring (bicyclic) bond motifs is 1. The maximum Gasteiger partial charge on any atom is 0.251 e. The highest BCUT2D eigenvalue weighted by Crippen LogP contribution is 2.09. The summed E-state index contributed by atoms with van der Waals surface area (Å²) >= 11 is 0. The average molecular weight is 259 g/mol. The molecule has 6 heteroatoms. The summed E-state index contributed by atoms with van der Waals surface area (Å²) in [6.45, 7) is 2.81. The van der Waals surface area contributed by atoms with Crippen molar-refractivity contribution in [3.05, 3.63) is 30.2 Å². The lowest BCUT2D eigenvalue weighted by atomic mass is 10.00. The highest BCUT2D eigenvalue weighted by molar-refractivity contribution is 5.94. The van der Waals surface area contributed by atoms with Crippen LogP contribution in [0, 0.1) is 5.92 Å². The van der Waals surface area contributed by atoms with E-state index >= 15 is 0 Å². The Bertz CT molecular complexity index is 573. The van der Waals surface area contributed by atoms with Gasteiger partial charge < -0.3 is 10.6 Å². The van der Waals surface area contributed by atoms with Gasteiger partial charge in [-0.25, -0.2) is 0 Å². The van der Waals surface area contributed by atoms with Gasteiger partial charge in [0.15, 0.2) is 5.65 Å². The largest absolute Gasteiger partial charge is 0.352 e. The summed E-state index contributed by atoms with van der Waals surface area (Å²) in [6, 6.07) is 3.53. The molecule has 0 unspecified atom stereocenters. The van der Waals surface area contributed by atoms with Crippen molar-refractivity contribution in [2.75, 3.05) is 19.6 Å². The number of carbonyl (C=O) groups is 1. The number of pyridine rings is 1. The van der Waals surface area contributed by atoms with Crippen molar-refractivity contribution in [1.82, 2.24) is 25.2 Å². The van der Waals surface area contributed by atoms with Gasteiger partial charge in [0.2, 0.25) is 0 Å². The Morgan fingerprint density at radius 3 is 3.37 bits per heavy atom. The Balaban J connectivity index is 1.62. The number of amides is 1. The van der Waals surface area contributed by atoms with Crippen molar-refractivity contribution in [2.45, 2.75) is 12.8 Å². The Morgan fingerprint density at radius 2 is 2.53 bits per heavy atom. The molecule has 0 aromatic carbocycles. The van der Waals surface area contributed by atoms with Crippen LogP contribution in [0.4, 0.5) is 0 Å². The number of carbonyl (C=O) groups excluding carboxylic acids is 1. The first-order chi connectivity index (χ1) is 9.33. The van der Waals surface area contributed by atoms with Gasteiger partial charge in [0.1, 0.15) is 6.33 Å². The number of hydrogen-bond acceptors (Lipinski definition) is 4. The zero-order valence-corrected chi connectivity index (χ0v) is 10.7. The molecule has 0 radical (unpaired) electrons. The Labute approximate surface area is 111 Å². The second-order valence-corrected chi connectivity index (χ2v) is 4.93. The highest BCUT2D eigenvalue weighted by Gasteiger charge is 2.14. The lowest BCUT2D eigenvalue weighted by molar-refractivity contribution is 0.0945. The van der Waals surface area contributed by atoms with Crippen LogP contribution in [-0.4, -0.2) is 40.1 Å². The number of rotatable bonds is 3. The summed E-state index contributed by atoms with van der Waals surface area (Å²) in [4.78, 5) is 12.1. The lowest BCUT2D eigenvalue weighted by Crippen LogP contribution is -2.38. The molecule has 3 rings (SSSR count). The fourth-order valence-electron chi connectivity index (χ4n) is 2.40. The van der Waals surface area contributed by atoms with Crippen molar-refractivity contribution in [3.8, 4) is 0 Å². The molecule has 3 heterocycles. The summed E-state index contributed by atoms with van der Waals surface area (Å²) in [5.41, 5.74) is 1.32. The Morgan fingerprint density at radius 1 is 1.58 bits per heavy atom. The maximum atomic E-state index is 12.1. The van der Waals surface area contributed by atoms with E-state index in [1.165, 1.54) is 12.8 Å². The average Bonchev–Trinajstić information content (AvgIpc) is 2.93. The van der Waals surface area contributed by atoms with E-state index in [2.05, 4.69) is 20.8 Å². The third-order valence-electron chi connectivity index (χ3n) is 3.51. The molecule has 19 heavy (non-hydrogen) atoms. The molecule has 1 atom stereocenters. The van der Waals surface area contributed by atoms with Crippen LogP contribution in [0.15, 0.2) is 24.7 Å². The van der Waals surface area contributed by atoms with Crippen molar-refractivity contribution in [3.63, 3.8) is 0 Å². The molecule has 1 aliphatic heterocycles. The zero-order chi connectivity index (χ0) is 13.1. The van der Waals surface area contributed by atoms with Crippen LogP contribution >= 0.6 is 0 Å². The smallest absolute Gasteiger partial charge is 0.251 e. The minimum absolute atomic E-state index is 0.0453. The fraction of sp³-hybridized carbons (Fsp3) is 0.462. The standard InChI is InChI=1S/C13H17N5O/c19-13(15-8-10-2-1-4-14-7-10)11-3-5-18-9-16-17-12(18)6-11/h3,5-6,9-10,14H,1-2,4,7-8H2,(H,15,19)/t10-/m0/s1. The number of nitrogens with one attached hydrogen (secondary N) is 2. The van der Waals surface area contributed by atoms with Gasteiger partial charge in [0.25, 0.3) is 5.91 Å². The SMILES string of the molecule is O=C(NC[C@H]1CCCNC1)c1ccn2cnnc2c1. The molecule has 2 N–H and O–H groups in total. The maximum absolute atomic E-state index is 12.1. The van der Waals surface area contributed by atoms with Crippen molar-refractivity contribution in [2.24, 2.45) is 5.92 Å². The van der Waals surface area contributed by atoms with Crippen molar-refractivity contribution < 1.29 is 4.79 Å². The van der Waals surface area contributed by atoms with Gasteiger partial charge in [0.05, 0.1) is 0 Å². The fourth-order valence-corrected chi connectivity index (χ4v) is 2.40. The van der Waals surface area contributed by atoms with Gasteiger partial charge in [-0.05, 0) is 44.0 Å². The van der Waals surface area contributed by atoms with E-state index in [1.807, 2.05) is 0 Å². The third kappa shape index (κ3) is 2.73. The van der Waals surface area contributed by atoms with Gasteiger partial charge in [-0.1, -0.05) is 0 Å². The molecule has 6 nitrogen and oxygen atoms in total. The first-order valence-electron chi connectivity index (χ1n) is 6.61. The summed E-state index contributed by atoms with van der Waals surface area (Å²) in [7, 11) is 0. The molecule has 0 saturated carbocycles. The molecule has 100 valence electrons. The molecular weight excluding hydrogens is 242 g/mol. The zero-order valence-electron chi connectivity index (χ0n) is 10.7. The number of piperidine rings is 1. The van der Waals surface area contributed by atoms with Crippen molar-refractivity contribution >= 4 is 11.6 Å². The first-order valence-corrected chi connectivity index (χ1v) is 6.61. The third-order valence-corrected chi connectivity index (χ3v) is 3.51. The van der Waals surface area contributed by atoms with Crippen LogP contribution in [0.5, 0.6) is 0 Å². The monoisotopic (exact) mass is 259 g/mol. The van der Waals surface area contributed by atoms with E-state index in [9.17, 15) is 4.79 Å². The first kappa shape index (κ1) is 12.1. The van der Waals surface area contributed by atoms with E-state index in [1.54, 1.807) is 29.1 Å². The van der Waals surface area contributed by atoms with Gasteiger partial charge in [-0.2, -0.15) is 0 Å². The number of aromatic nitrogens is 3. The highest BCUT2D eigenvalue weighted by atomic mass is 16.1. The molecule has 0 bridgehead atoms. The predicted molar refractivity (Wildman–Crippen MR) is 70.9 cm³/mol. The number of hydrogen-bond donors (Lipinski definition) is 2. The van der Waals surface area contributed by atoms with E-state index in [0.717, 1.165) is 19.6 Å². The topological polar surface area (TPSA) is 71.3 Å². The molecule has 1 fully saturated rings. The van der Waals surface area contributed by atoms with Gasteiger partial charge >= 0.3 is 0 Å². The molecule has 1 aliphatic rings. The van der Waals surface area contributed by atoms with E-state index < -0.39 is 0 Å². The van der Waals surface area contributed by atoms with Gasteiger partial charge in [-0.3, -0.25) is 9.20 Å². The normalized spacial score (nSPS) is 19.5. The van der Waals surface area contributed by atoms with Crippen LogP contribution in [0.2, 0.25) is 0 Å². The summed E-state index contributed by atoms with van der Waals surface area (Å²) in [6.07, 6.45) is 5.78. The van der Waals surface area contributed by atoms with Gasteiger partial charge in [0, 0.05) is 18.3 Å². The molecule has 1 saturated heterocycles. The molecule has 0 aliphatic carbocycles. The molecular formula is C13H17N5O. The quantitative estimate of drug-likeness (QED) is 0.840. The van der Waals surface area contributed by atoms with Crippen molar-refractivity contribution in [1.29, 1.82) is 0 Å². The minimum Gasteiger partial charge on any atom is -0.352 e. The van der Waals surface area contributed by atoms with Crippen LogP contribution < -0.4 is 10.6 Å². The number of nitrogens with zero attached hydrogens (tertiary/aromatic N) is 3.